The van der Waals surface area contributed by atoms with Gasteiger partial charge < -0.3 is 9.97 Å². The monoisotopic (exact) mass is 232 g/mol. The van der Waals surface area contributed by atoms with Crippen LogP contribution >= 0.6 is 11.6 Å². The molecular weight excluding hydrogens is 224 g/mol. The maximum absolute atomic E-state index is 11.4. The number of fused-ring (bicyclic) bond motifs is 3. The van der Waals surface area contributed by atoms with Crippen LogP contribution in [0.1, 0.15) is 5.69 Å². The highest BCUT2D eigenvalue weighted by Crippen LogP contribution is 2.29. The van der Waals surface area contributed by atoms with Crippen molar-refractivity contribution in [3.63, 3.8) is 0 Å². The van der Waals surface area contributed by atoms with E-state index in [2.05, 4.69) is 9.97 Å². The quantitative estimate of drug-likeness (QED) is 0.615. The molecule has 0 radical (unpaired) electrons. The van der Waals surface area contributed by atoms with Crippen molar-refractivity contribution in [3.8, 4) is 0 Å². The smallest absolute Gasteiger partial charge is 0.248 e. The van der Waals surface area contributed by atoms with Crippen LogP contribution in [0.4, 0.5) is 0 Å². The number of para-hydroxylation sites is 1. The van der Waals surface area contributed by atoms with Gasteiger partial charge in [-0.25, -0.2) is 0 Å². The number of pyridine rings is 1. The average Bonchev–Trinajstić information content (AvgIpc) is 2.59. The van der Waals surface area contributed by atoms with Crippen molar-refractivity contribution in [2.45, 2.75) is 6.92 Å². The van der Waals surface area contributed by atoms with Crippen molar-refractivity contribution in [2.24, 2.45) is 0 Å². The summed E-state index contributed by atoms with van der Waals surface area (Å²) in [6.45, 7) is 1.87. The summed E-state index contributed by atoms with van der Waals surface area (Å²) in [6, 6.07) is 7.27. The van der Waals surface area contributed by atoms with Crippen LogP contribution in [0.5, 0.6) is 0 Å². The van der Waals surface area contributed by atoms with Gasteiger partial charge >= 0.3 is 0 Å². The minimum Gasteiger partial charge on any atom is -0.352 e. The summed E-state index contributed by atoms with van der Waals surface area (Å²) in [6.07, 6.45) is 0. The van der Waals surface area contributed by atoms with Gasteiger partial charge in [-0.15, -0.1) is 0 Å². The van der Waals surface area contributed by atoms with E-state index in [0.29, 0.717) is 5.02 Å². The van der Waals surface area contributed by atoms with Gasteiger partial charge in [-0.2, -0.15) is 0 Å². The molecule has 16 heavy (non-hydrogen) atoms. The number of H-pyrrole nitrogens is 2. The van der Waals surface area contributed by atoms with Gasteiger partial charge in [-0.3, -0.25) is 4.79 Å². The van der Waals surface area contributed by atoms with E-state index in [4.69, 9.17) is 11.6 Å². The number of benzene rings is 1. The minimum absolute atomic E-state index is 0.0918. The first-order chi connectivity index (χ1) is 7.66. The van der Waals surface area contributed by atoms with Gasteiger partial charge in [0.15, 0.2) is 0 Å². The molecule has 0 spiro atoms. The molecule has 3 aromatic rings. The first-order valence-corrected chi connectivity index (χ1v) is 5.34. The first kappa shape index (κ1) is 9.48. The normalized spacial score (nSPS) is 11.4. The predicted octanol–water partition coefficient (Wildman–Crippen LogP) is 2.97. The fraction of sp³-hybridized carbons (Fsp3) is 0.0833. The molecule has 0 bridgehead atoms. The van der Waals surface area contributed by atoms with E-state index < -0.39 is 0 Å². The Morgan fingerprint density at radius 3 is 2.75 bits per heavy atom. The van der Waals surface area contributed by atoms with Gasteiger partial charge in [0.1, 0.15) is 0 Å². The number of halogens is 1. The highest BCUT2D eigenvalue weighted by Gasteiger charge is 2.09. The molecule has 2 heterocycles. The molecule has 0 saturated carbocycles. The second-order valence-electron chi connectivity index (χ2n) is 3.83. The Morgan fingerprint density at radius 2 is 1.94 bits per heavy atom. The summed E-state index contributed by atoms with van der Waals surface area (Å²) in [4.78, 5) is 17.4. The largest absolute Gasteiger partial charge is 0.352 e. The third kappa shape index (κ3) is 1.18. The minimum atomic E-state index is -0.0918. The van der Waals surface area contributed by atoms with Crippen LogP contribution in [-0.4, -0.2) is 9.97 Å². The summed E-state index contributed by atoms with van der Waals surface area (Å²) in [5.74, 6) is 0. The SMILES string of the molecule is Cc1[nH]c(=O)cc2c1[nH]c1c(Cl)cccc12. The lowest BCUT2D eigenvalue weighted by atomic mass is 10.2. The number of aryl methyl sites for hydroxylation is 1. The molecule has 0 atom stereocenters. The van der Waals surface area contributed by atoms with Gasteiger partial charge in [0.05, 0.1) is 16.1 Å². The van der Waals surface area contributed by atoms with Gasteiger partial charge in [-0.1, -0.05) is 23.7 Å². The highest BCUT2D eigenvalue weighted by molar-refractivity contribution is 6.36. The zero-order valence-electron chi connectivity index (χ0n) is 8.60. The lowest BCUT2D eigenvalue weighted by Gasteiger charge is -1.94. The highest BCUT2D eigenvalue weighted by atomic mass is 35.5. The van der Waals surface area contributed by atoms with E-state index >= 15 is 0 Å². The number of aromatic amines is 2. The lowest BCUT2D eigenvalue weighted by molar-refractivity contribution is 1.16. The van der Waals surface area contributed by atoms with Crippen molar-refractivity contribution in [3.05, 3.63) is 45.3 Å². The van der Waals surface area contributed by atoms with Crippen LogP contribution in [0.25, 0.3) is 21.8 Å². The number of hydrogen-bond acceptors (Lipinski definition) is 1. The Bertz CT molecular complexity index is 755. The third-order valence-electron chi connectivity index (χ3n) is 2.78. The molecule has 0 saturated heterocycles. The fourth-order valence-electron chi connectivity index (χ4n) is 2.06. The van der Waals surface area contributed by atoms with Crippen molar-refractivity contribution in [2.75, 3.05) is 0 Å². The van der Waals surface area contributed by atoms with Crippen molar-refractivity contribution in [1.82, 2.24) is 9.97 Å². The zero-order chi connectivity index (χ0) is 11.3. The summed E-state index contributed by atoms with van der Waals surface area (Å²) < 4.78 is 0. The van der Waals surface area contributed by atoms with Crippen LogP contribution in [0, 0.1) is 6.92 Å². The fourth-order valence-corrected chi connectivity index (χ4v) is 2.28. The molecule has 4 heteroatoms. The average molecular weight is 233 g/mol. The maximum Gasteiger partial charge on any atom is 0.248 e. The van der Waals surface area contributed by atoms with Crippen LogP contribution in [0.2, 0.25) is 5.02 Å². The van der Waals surface area contributed by atoms with E-state index in [1.54, 1.807) is 6.07 Å². The first-order valence-electron chi connectivity index (χ1n) is 4.96. The Balaban J connectivity index is 2.66. The number of rotatable bonds is 0. The molecule has 2 aromatic heterocycles. The number of aromatic nitrogens is 2. The Morgan fingerprint density at radius 1 is 1.12 bits per heavy atom. The van der Waals surface area contributed by atoms with E-state index in [0.717, 1.165) is 27.5 Å². The van der Waals surface area contributed by atoms with Crippen molar-refractivity contribution >= 4 is 33.4 Å². The Labute approximate surface area is 96.1 Å². The van der Waals surface area contributed by atoms with Crippen LogP contribution < -0.4 is 5.56 Å². The number of hydrogen-bond donors (Lipinski definition) is 2. The van der Waals surface area contributed by atoms with Gasteiger partial charge in [0.25, 0.3) is 0 Å². The zero-order valence-corrected chi connectivity index (χ0v) is 9.35. The summed E-state index contributed by atoms with van der Waals surface area (Å²) in [7, 11) is 0. The van der Waals surface area contributed by atoms with E-state index in [1.165, 1.54) is 0 Å². The Kier molecular flexibility index (Phi) is 1.85. The van der Waals surface area contributed by atoms with Crippen molar-refractivity contribution < 1.29 is 0 Å². The molecule has 0 unspecified atom stereocenters. The molecule has 1 aromatic carbocycles. The molecule has 0 amide bonds. The second kappa shape index (κ2) is 3.12. The molecule has 0 aliphatic heterocycles. The molecular formula is C12H9ClN2O. The molecule has 0 aliphatic rings. The lowest BCUT2D eigenvalue weighted by Crippen LogP contribution is -2.04. The second-order valence-corrected chi connectivity index (χ2v) is 4.24. The molecule has 3 nitrogen and oxygen atoms in total. The maximum atomic E-state index is 11.4. The van der Waals surface area contributed by atoms with Crippen LogP contribution in [0.15, 0.2) is 29.1 Å². The van der Waals surface area contributed by atoms with E-state index in [9.17, 15) is 4.79 Å². The van der Waals surface area contributed by atoms with Gasteiger partial charge in [0, 0.05) is 22.5 Å². The molecule has 0 aliphatic carbocycles. The third-order valence-corrected chi connectivity index (χ3v) is 3.10. The van der Waals surface area contributed by atoms with Crippen LogP contribution in [-0.2, 0) is 0 Å². The molecule has 3 rings (SSSR count). The van der Waals surface area contributed by atoms with Crippen LogP contribution in [0.3, 0.4) is 0 Å². The molecule has 2 N–H and O–H groups in total. The topological polar surface area (TPSA) is 48.6 Å². The predicted molar refractivity (Wildman–Crippen MR) is 66.2 cm³/mol. The van der Waals surface area contributed by atoms with Crippen molar-refractivity contribution in [1.29, 1.82) is 0 Å². The van der Waals surface area contributed by atoms with Gasteiger partial charge in [-0.05, 0) is 13.0 Å². The summed E-state index contributed by atoms with van der Waals surface area (Å²) in [5, 5.41) is 2.57. The Hall–Kier alpha value is -1.74. The molecule has 80 valence electrons. The van der Waals surface area contributed by atoms with E-state index in [-0.39, 0.29) is 5.56 Å². The molecule has 0 fully saturated rings. The number of nitrogens with one attached hydrogen (secondary N) is 2. The van der Waals surface area contributed by atoms with E-state index in [1.807, 2.05) is 25.1 Å². The standard InChI is InChI=1S/C12H9ClN2O/c1-6-11-8(5-10(16)14-6)7-3-2-4-9(13)12(7)15-11/h2-5,15H,1H3,(H,14,16). The summed E-state index contributed by atoms with van der Waals surface area (Å²) in [5.41, 5.74) is 2.55. The van der Waals surface area contributed by atoms with Gasteiger partial charge in [0.2, 0.25) is 5.56 Å². The summed E-state index contributed by atoms with van der Waals surface area (Å²) >= 11 is 6.10.